The van der Waals surface area contributed by atoms with Crippen LogP contribution in [0.1, 0.15) is 31.4 Å². The largest absolute Gasteiger partial charge is 0.490 e. The van der Waals surface area contributed by atoms with Gasteiger partial charge in [0.1, 0.15) is 6.20 Å². The molecule has 0 fully saturated rings. The molecule has 1 unspecified atom stereocenters. The zero-order valence-corrected chi connectivity index (χ0v) is 11.7. The number of nitro groups is 1. The Morgan fingerprint density at radius 2 is 2.33 bits per heavy atom. The van der Waals surface area contributed by atoms with Crippen molar-refractivity contribution in [3.8, 4) is 11.8 Å². The molecule has 0 bridgehead atoms. The molecule has 0 aliphatic carbocycles. The first-order chi connectivity index (χ1) is 10.0. The topological polar surface area (TPSA) is 115 Å². The number of methoxy groups -OCH3 is 1. The van der Waals surface area contributed by atoms with E-state index in [-0.39, 0.29) is 23.7 Å². The van der Waals surface area contributed by atoms with Gasteiger partial charge in [-0.15, -0.1) is 0 Å². The molecule has 1 rings (SSSR count). The van der Waals surface area contributed by atoms with Crippen LogP contribution in [0.5, 0.6) is 5.75 Å². The molecular formula is C13H15N3O5. The van der Waals surface area contributed by atoms with Gasteiger partial charge < -0.3 is 9.47 Å². The molecule has 21 heavy (non-hydrogen) atoms. The summed E-state index contributed by atoms with van der Waals surface area (Å²) in [5, 5.41) is 19.9. The second-order valence-electron chi connectivity index (χ2n) is 4.12. The van der Waals surface area contributed by atoms with E-state index in [1.807, 2.05) is 6.92 Å². The fourth-order valence-electron chi connectivity index (χ4n) is 1.54. The van der Waals surface area contributed by atoms with E-state index in [1.54, 1.807) is 6.07 Å². The van der Waals surface area contributed by atoms with Crippen molar-refractivity contribution in [2.24, 2.45) is 0 Å². The number of rotatable bonds is 7. The Labute approximate surface area is 121 Å². The van der Waals surface area contributed by atoms with Crippen molar-refractivity contribution in [3.05, 3.63) is 28.1 Å². The van der Waals surface area contributed by atoms with E-state index < -0.39 is 16.8 Å². The van der Waals surface area contributed by atoms with Gasteiger partial charge >= 0.3 is 11.7 Å². The lowest BCUT2D eigenvalue weighted by Crippen LogP contribution is -2.16. The Morgan fingerprint density at radius 3 is 2.86 bits per heavy atom. The van der Waals surface area contributed by atoms with Gasteiger partial charge in [-0.25, -0.2) is 0 Å². The van der Waals surface area contributed by atoms with Crippen molar-refractivity contribution in [2.45, 2.75) is 25.7 Å². The molecule has 0 saturated heterocycles. The molecule has 1 atom stereocenters. The highest BCUT2D eigenvalue weighted by Gasteiger charge is 2.26. The van der Waals surface area contributed by atoms with E-state index >= 15 is 0 Å². The van der Waals surface area contributed by atoms with Gasteiger partial charge in [0, 0.05) is 6.07 Å². The van der Waals surface area contributed by atoms with Crippen LogP contribution in [0.3, 0.4) is 0 Å². The fourth-order valence-corrected chi connectivity index (χ4v) is 1.54. The molecule has 0 amide bonds. The van der Waals surface area contributed by atoms with Crippen LogP contribution in [-0.4, -0.2) is 29.6 Å². The van der Waals surface area contributed by atoms with Gasteiger partial charge in [-0.05, 0) is 6.42 Å². The standard InChI is InChI=1S/C13H15N3O5/c1-3-4-5-21-13(17)9(7-14)10-6-12(20-2)11(8-15-10)16(18)19/h6,8-9H,3-5H2,1-2H3. The smallest absolute Gasteiger partial charge is 0.329 e. The molecule has 0 aliphatic heterocycles. The summed E-state index contributed by atoms with van der Waals surface area (Å²) in [7, 11) is 1.26. The predicted octanol–water partition coefficient (Wildman–Crippen LogP) is 1.95. The molecular weight excluding hydrogens is 278 g/mol. The number of nitrogens with zero attached hydrogens (tertiary/aromatic N) is 3. The Kier molecular flexibility index (Phi) is 6.07. The van der Waals surface area contributed by atoms with E-state index in [1.165, 1.54) is 13.2 Å². The third-order valence-electron chi connectivity index (χ3n) is 2.69. The van der Waals surface area contributed by atoms with Crippen LogP contribution < -0.4 is 4.74 Å². The number of pyridine rings is 1. The average molecular weight is 293 g/mol. The summed E-state index contributed by atoms with van der Waals surface area (Å²) >= 11 is 0. The molecule has 0 N–H and O–H groups in total. The van der Waals surface area contributed by atoms with Crippen molar-refractivity contribution in [3.63, 3.8) is 0 Å². The molecule has 1 heterocycles. The van der Waals surface area contributed by atoms with Crippen LogP contribution in [0.15, 0.2) is 12.3 Å². The second kappa shape index (κ2) is 7.79. The molecule has 1 aromatic rings. The van der Waals surface area contributed by atoms with Gasteiger partial charge in [0.2, 0.25) is 0 Å². The summed E-state index contributed by atoms with van der Waals surface area (Å²) in [6.07, 6.45) is 2.51. The van der Waals surface area contributed by atoms with E-state index in [9.17, 15) is 14.9 Å². The average Bonchev–Trinajstić information content (AvgIpc) is 2.47. The molecule has 0 aromatic carbocycles. The van der Waals surface area contributed by atoms with Crippen LogP contribution in [0.2, 0.25) is 0 Å². The van der Waals surface area contributed by atoms with Crippen LogP contribution in [-0.2, 0) is 9.53 Å². The number of hydrogen-bond donors (Lipinski definition) is 0. The summed E-state index contributed by atoms with van der Waals surface area (Å²) < 4.78 is 9.84. The first-order valence-corrected chi connectivity index (χ1v) is 6.29. The van der Waals surface area contributed by atoms with Crippen LogP contribution in [0, 0.1) is 21.4 Å². The summed E-state index contributed by atoms with van der Waals surface area (Å²) in [5.41, 5.74) is -0.279. The maximum absolute atomic E-state index is 11.8. The first-order valence-electron chi connectivity index (χ1n) is 6.29. The molecule has 0 spiro atoms. The van der Waals surface area contributed by atoms with Crippen molar-refractivity contribution >= 4 is 11.7 Å². The number of carbonyl (C=O) groups is 1. The maximum Gasteiger partial charge on any atom is 0.329 e. The monoisotopic (exact) mass is 293 g/mol. The minimum atomic E-state index is -1.24. The molecule has 0 saturated carbocycles. The summed E-state index contributed by atoms with van der Waals surface area (Å²) in [6.45, 7) is 2.16. The highest BCUT2D eigenvalue weighted by molar-refractivity contribution is 5.81. The number of unbranched alkanes of at least 4 members (excludes halogenated alkanes) is 1. The maximum atomic E-state index is 11.8. The Balaban J connectivity index is 2.99. The number of hydrogen-bond acceptors (Lipinski definition) is 7. The number of esters is 1. The van der Waals surface area contributed by atoms with Crippen molar-refractivity contribution in [1.29, 1.82) is 5.26 Å². The first kappa shape index (κ1) is 16.4. The van der Waals surface area contributed by atoms with E-state index in [4.69, 9.17) is 14.7 Å². The van der Waals surface area contributed by atoms with Crippen molar-refractivity contribution in [1.82, 2.24) is 4.98 Å². The Bertz CT molecular complexity index is 567. The van der Waals surface area contributed by atoms with E-state index in [2.05, 4.69) is 4.98 Å². The zero-order valence-electron chi connectivity index (χ0n) is 11.7. The van der Waals surface area contributed by atoms with Gasteiger partial charge in [0.25, 0.3) is 0 Å². The third kappa shape index (κ3) is 4.14. The molecule has 112 valence electrons. The van der Waals surface area contributed by atoms with Gasteiger partial charge in [0.05, 0.1) is 30.4 Å². The highest BCUT2D eigenvalue weighted by Crippen LogP contribution is 2.28. The second-order valence-corrected chi connectivity index (χ2v) is 4.12. The highest BCUT2D eigenvalue weighted by atomic mass is 16.6. The van der Waals surface area contributed by atoms with Crippen molar-refractivity contribution in [2.75, 3.05) is 13.7 Å². The number of nitriles is 1. The van der Waals surface area contributed by atoms with E-state index in [0.717, 1.165) is 12.6 Å². The molecule has 0 aliphatic rings. The molecule has 0 radical (unpaired) electrons. The summed E-state index contributed by atoms with van der Waals surface area (Å²) in [6, 6.07) is 2.98. The minimum absolute atomic E-state index is 0.0569. The van der Waals surface area contributed by atoms with Gasteiger partial charge in [0.15, 0.2) is 11.7 Å². The van der Waals surface area contributed by atoms with E-state index in [0.29, 0.717) is 6.42 Å². The number of aromatic nitrogens is 1. The SMILES string of the molecule is CCCCOC(=O)C(C#N)c1cc(OC)c([N+](=O)[O-])cn1. The van der Waals surface area contributed by atoms with Crippen molar-refractivity contribution < 1.29 is 19.2 Å². The Hall–Kier alpha value is -2.69. The van der Waals surface area contributed by atoms with Gasteiger partial charge in [-0.3, -0.25) is 19.9 Å². The lowest BCUT2D eigenvalue weighted by atomic mass is 10.1. The van der Waals surface area contributed by atoms with Gasteiger partial charge in [-0.1, -0.05) is 13.3 Å². The molecule has 8 nitrogen and oxygen atoms in total. The molecule has 1 aromatic heterocycles. The number of carbonyl (C=O) groups excluding carboxylic acids is 1. The normalized spacial score (nSPS) is 11.3. The zero-order chi connectivity index (χ0) is 15.8. The third-order valence-corrected chi connectivity index (χ3v) is 2.69. The fraction of sp³-hybridized carbons (Fsp3) is 0.462. The summed E-state index contributed by atoms with van der Waals surface area (Å²) in [5.74, 6) is -2.03. The van der Waals surface area contributed by atoms with Crippen LogP contribution >= 0.6 is 0 Å². The molecule has 8 heteroatoms. The summed E-state index contributed by atoms with van der Waals surface area (Å²) in [4.78, 5) is 25.7. The minimum Gasteiger partial charge on any atom is -0.490 e. The lowest BCUT2D eigenvalue weighted by molar-refractivity contribution is -0.386. The number of ether oxygens (including phenoxy) is 2. The van der Waals surface area contributed by atoms with Crippen LogP contribution in [0.4, 0.5) is 5.69 Å². The quantitative estimate of drug-likeness (QED) is 0.326. The van der Waals surface area contributed by atoms with Gasteiger partial charge in [-0.2, -0.15) is 5.26 Å². The Morgan fingerprint density at radius 1 is 1.62 bits per heavy atom. The van der Waals surface area contributed by atoms with Crippen LogP contribution in [0.25, 0.3) is 0 Å². The predicted molar refractivity (Wildman–Crippen MR) is 71.7 cm³/mol. The lowest BCUT2D eigenvalue weighted by Gasteiger charge is -2.10.